The Kier molecular flexibility index (Phi) is 1.69. The molecule has 2 aromatic heterocycles. The molecule has 0 radical (unpaired) electrons. The topological polar surface area (TPSA) is 50.7 Å². The van der Waals surface area contributed by atoms with E-state index >= 15 is 0 Å². The fourth-order valence-electron chi connectivity index (χ4n) is 1.46. The summed E-state index contributed by atoms with van der Waals surface area (Å²) in [6.45, 7) is 2.06. The number of hydrogen-bond donors (Lipinski definition) is 1. The van der Waals surface area contributed by atoms with Crippen LogP contribution < -0.4 is 5.69 Å². The molecule has 0 saturated carbocycles. The van der Waals surface area contributed by atoms with Crippen LogP contribution in [-0.4, -0.2) is 14.5 Å². The Morgan fingerprint density at radius 3 is 3.08 bits per heavy atom. The van der Waals surface area contributed by atoms with E-state index in [0.29, 0.717) is 0 Å². The van der Waals surface area contributed by atoms with Gasteiger partial charge in [0.2, 0.25) is 0 Å². The van der Waals surface area contributed by atoms with E-state index < -0.39 is 0 Å². The summed E-state index contributed by atoms with van der Waals surface area (Å²) in [6.07, 6.45) is 2.63. The first kappa shape index (κ1) is 8.04. The lowest BCUT2D eigenvalue weighted by Crippen LogP contribution is -2.12. The van der Waals surface area contributed by atoms with Gasteiger partial charge < -0.3 is 4.98 Å². The zero-order chi connectivity index (χ0) is 9.42. The largest absolute Gasteiger partial charge is 0.327 e. The smallest absolute Gasteiger partial charge is 0.304 e. The molecule has 0 saturated heterocycles. The van der Waals surface area contributed by atoms with Gasteiger partial charge >= 0.3 is 5.69 Å². The normalized spacial score (nSPS) is 10.9. The van der Waals surface area contributed by atoms with Gasteiger partial charge in [0.15, 0.2) is 5.65 Å². The Hall–Kier alpha value is -1.58. The second-order valence-corrected chi connectivity index (χ2v) is 3.01. The molecule has 0 amide bonds. The molecule has 4 heteroatoms. The van der Waals surface area contributed by atoms with Gasteiger partial charge in [-0.15, -0.1) is 0 Å². The molecule has 13 heavy (non-hydrogen) atoms. The van der Waals surface area contributed by atoms with Crippen LogP contribution in [0.5, 0.6) is 0 Å². The van der Waals surface area contributed by atoms with Crippen molar-refractivity contribution in [2.75, 3.05) is 0 Å². The number of aromatic amines is 1. The molecular formula is C9H11N3O. The van der Waals surface area contributed by atoms with Crippen LogP contribution in [0.4, 0.5) is 0 Å². The molecule has 0 aliphatic carbocycles. The van der Waals surface area contributed by atoms with Crippen LogP contribution in [-0.2, 0) is 13.5 Å². The molecule has 2 aromatic rings. The minimum atomic E-state index is -0.108. The first-order valence-electron chi connectivity index (χ1n) is 4.26. The highest BCUT2D eigenvalue weighted by molar-refractivity contribution is 5.74. The summed E-state index contributed by atoms with van der Waals surface area (Å²) in [7, 11) is 1.72. The van der Waals surface area contributed by atoms with Crippen LogP contribution >= 0.6 is 0 Å². The van der Waals surface area contributed by atoms with Gasteiger partial charge in [-0.1, -0.05) is 6.92 Å². The predicted octanol–water partition coefficient (Wildman–Crippen LogP) is 0.824. The lowest BCUT2D eigenvalue weighted by molar-refractivity contribution is 0.879. The second kappa shape index (κ2) is 2.73. The number of aromatic nitrogens is 3. The predicted molar refractivity (Wildman–Crippen MR) is 50.7 cm³/mol. The van der Waals surface area contributed by atoms with Gasteiger partial charge in [0.1, 0.15) is 0 Å². The van der Waals surface area contributed by atoms with Gasteiger partial charge in [-0.25, -0.2) is 9.78 Å². The molecule has 0 aliphatic heterocycles. The van der Waals surface area contributed by atoms with E-state index in [2.05, 4.69) is 16.9 Å². The van der Waals surface area contributed by atoms with Crippen molar-refractivity contribution in [3.05, 3.63) is 28.3 Å². The number of imidazole rings is 1. The molecular weight excluding hydrogens is 166 g/mol. The molecule has 0 spiro atoms. The number of hydrogen-bond acceptors (Lipinski definition) is 2. The maximum absolute atomic E-state index is 11.3. The van der Waals surface area contributed by atoms with Gasteiger partial charge in [-0.3, -0.25) is 4.57 Å². The summed E-state index contributed by atoms with van der Waals surface area (Å²) in [5.74, 6) is 0. The van der Waals surface area contributed by atoms with Crippen LogP contribution in [0.15, 0.2) is 17.1 Å². The summed E-state index contributed by atoms with van der Waals surface area (Å²) in [5.41, 5.74) is 2.60. The Labute approximate surface area is 75.2 Å². The van der Waals surface area contributed by atoms with E-state index in [4.69, 9.17) is 0 Å². The molecule has 0 atom stereocenters. The van der Waals surface area contributed by atoms with Crippen molar-refractivity contribution in [1.82, 2.24) is 14.5 Å². The van der Waals surface area contributed by atoms with Crippen LogP contribution in [0.1, 0.15) is 12.5 Å². The van der Waals surface area contributed by atoms with Crippen LogP contribution in [0.2, 0.25) is 0 Å². The van der Waals surface area contributed by atoms with E-state index in [9.17, 15) is 4.79 Å². The molecule has 1 N–H and O–H groups in total. The summed E-state index contributed by atoms with van der Waals surface area (Å²) < 4.78 is 1.52. The number of H-pyrrole nitrogens is 1. The van der Waals surface area contributed by atoms with Gasteiger partial charge in [-0.2, -0.15) is 0 Å². The fourth-order valence-corrected chi connectivity index (χ4v) is 1.46. The number of pyridine rings is 1. The average molecular weight is 177 g/mol. The Morgan fingerprint density at radius 1 is 1.62 bits per heavy atom. The van der Waals surface area contributed by atoms with Crippen molar-refractivity contribution >= 4 is 11.2 Å². The van der Waals surface area contributed by atoms with Gasteiger partial charge in [0, 0.05) is 13.2 Å². The first-order valence-corrected chi connectivity index (χ1v) is 4.26. The standard InChI is InChI=1S/C9H11N3O/c1-3-6-4-5-10-8-7(6)11-9(13)12(8)2/h4-5H,3H2,1-2H3,(H,11,13). The second-order valence-electron chi connectivity index (χ2n) is 3.01. The highest BCUT2D eigenvalue weighted by Gasteiger charge is 2.06. The Morgan fingerprint density at radius 2 is 2.38 bits per heavy atom. The van der Waals surface area contributed by atoms with Crippen molar-refractivity contribution in [1.29, 1.82) is 0 Å². The van der Waals surface area contributed by atoms with Crippen molar-refractivity contribution in [2.24, 2.45) is 7.05 Å². The summed E-state index contributed by atoms with van der Waals surface area (Å²) in [5, 5.41) is 0. The van der Waals surface area contributed by atoms with Gasteiger partial charge in [-0.05, 0) is 18.1 Å². The molecule has 0 aromatic carbocycles. The lowest BCUT2D eigenvalue weighted by Gasteiger charge is -1.97. The van der Waals surface area contributed by atoms with Gasteiger partial charge in [0.05, 0.1) is 5.52 Å². The van der Waals surface area contributed by atoms with E-state index in [0.717, 1.165) is 23.1 Å². The van der Waals surface area contributed by atoms with E-state index in [1.807, 2.05) is 6.07 Å². The third-order valence-corrected chi connectivity index (χ3v) is 2.25. The van der Waals surface area contributed by atoms with Crippen molar-refractivity contribution in [3.8, 4) is 0 Å². The van der Waals surface area contributed by atoms with Crippen molar-refractivity contribution in [2.45, 2.75) is 13.3 Å². The van der Waals surface area contributed by atoms with Crippen LogP contribution in [0.25, 0.3) is 11.2 Å². The van der Waals surface area contributed by atoms with E-state index in [1.54, 1.807) is 13.2 Å². The van der Waals surface area contributed by atoms with Crippen LogP contribution in [0.3, 0.4) is 0 Å². The third-order valence-electron chi connectivity index (χ3n) is 2.25. The van der Waals surface area contributed by atoms with Crippen LogP contribution in [0, 0.1) is 0 Å². The first-order chi connectivity index (χ1) is 6.24. The molecule has 0 bridgehead atoms. The minimum Gasteiger partial charge on any atom is -0.304 e. The molecule has 0 fully saturated rings. The fraction of sp³-hybridized carbons (Fsp3) is 0.333. The zero-order valence-electron chi connectivity index (χ0n) is 7.66. The SMILES string of the molecule is CCc1ccnc2c1[nH]c(=O)n2C. The molecule has 0 aliphatic rings. The van der Waals surface area contributed by atoms with E-state index in [1.165, 1.54) is 4.57 Å². The van der Waals surface area contributed by atoms with Crippen molar-refractivity contribution < 1.29 is 0 Å². The monoisotopic (exact) mass is 177 g/mol. The maximum atomic E-state index is 11.3. The number of aryl methyl sites for hydroxylation is 2. The molecule has 68 valence electrons. The average Bonchev–Trinajstić information content (AvgIpc) is 2.43. The Bertz CT molecular complexity index is 495. The Balaban J connectivity index is 2.92. The van der Waals surface area contributed by atoms with E-state index in [-0.39, 0.29) is 5.69 Å². The number of nitrogens with one attached hydrogen (secondary N) is 1. The third kappa shape index (κ3) is 1.06. The quantitative estimate of drug-likeness (QED) is 0.701. The summed E-state index contributed by atoms with van der Waals surface area (Å²) >= 11 is 0. The summed E-state index contributed by atoms with van der Waals surface area (Å²) in [4.78, 5) is 18.2. The molecule has 4 nitrogen and oxygen atoms in total. The molecule has 0 unspecified atom stereocenters. The van der Waals surface area contributed by atoms with Crippen molar-refractivity contribution in [3.63, 3.8) is 0 Å². The number of nitrogens with zero attached hydrogens (tertiary/aromatic N) is 2. The zero-order valence-corrected chi connectivity index (χ0v) is 7.66. The number of rotatable bonds is 1. The van der Waals surface area contributed by atoms with Gasteiger partial charge in [0.25, 0.3) is 0 Å². The highest BCUT2D eigenvalue weighted by atomic mass is 16.1. The number of fused-ring (bicyclic) bond motifs is 1. The summed E-state index contributed by atoms with van der Waals surface area (Å²) in [6, 6.07) is 1.93. The maximum Gasteiger partial charge on any atom is 0.327 e. The lowest BCUT2D eigenvalue weighted by atomic mass is 10.2. The highest BCUT2D eigenvalue weighted by Crippen LogP contribution is 2.11. The minimum absolute atomic E-state index is 0.108. The molecule has 2 heterocycles. The molecule has 2 rings (SSSR count).